The van der Waals surface area contributed by atoms with Crippen LogP contribution < -0.4 is 0 Å². The summed E-state index contributed by atoms with van der Waals surface area (Å²) in [6.07, 6.45) is 6.21. The first-order valence-electron chi connectivity index (χ1n) is 5.08. The largest absolute Gasteiger partial charge is 0.342 e. The number of rotatable bonds is 4. The van der Waals surface area contributed by atoms with Crippen LogP contribution in [0.25, 0.3) is 0 Å². The summed E-state index contributed by atoms with van der Waals surface area (Å²) >= 11 is 1.88. The van der Waals surface area contributed by atoms with Gasteiger partial charge in [-0.15, -0.1) is 0 Å². The molecular formula is C10H19NOS. The molecule has 2 nitrogen and oxygen atoms in total. The van der Waals surface area contributed by atoms with E-state index in [1.54, 1.807) is 0 Å². The molecule has 13 heavy (non-hydrogen) atoms. The van der Waals surface area contributed by atoms with Crippen molar-refractivity contribution >= 4 is 17.7 Å². The zero-order valence-corrected chi connectivity index (χ0v) is 9.40. The van der Waals surface area contributed by atoms with Gasteiger partial charge in [0, 0.05) is 24.8 Å². The molecule has 76 valence electrons. The highest BCUT2D eigenvalue weighted by molar-refractivity contribution is 7.99. The molecule has 1 rings (SSSR count). The Balaban J connectivity index is 2.25. The number of unbranched alkanes of at least 4 members (excludes halogenated alkanes) is 1. The van der Waals surface area contributed by atoms with Gasteiger partial charge in [-0.25, -0.2) is 0 Å². The number of likely N-dealkylation sites (tertiary alicyclic amines) is 1. The minimum atomic E-state index is 0.360. The van der Waals surface area contributed by atoms with Crippen LogP contribution in [0.4, 0.5) is 0 Å². The van der Waals surface area contributed by atoms with E-state index in [1.165, 1.54) is 6.42 Å². The first-order valence-corrected chi connectivity index (χ1v) is 6.37. The van der Waals surface area contributed by atoms with E-state index < -0.39 is 0 Å². The molecule has 0 radical (unpaired) electrons. The Hall–Kier alpha value is -0.180. The second kappa shape index (κ2) is 5.53. The van der Waals surface area contributed by atoms with E-state index in [0.717, 1.165) is 32.4 Å². The third-order valence-electron chi connectivity index (χ3n) is 2.58. The standard InChI is InChI=1S/C10H19NOS/c1-3-4-5-10(12)11-7-6-9(8-11)13-2/h9H,3-8H2,1-2H3/t9-/m0/s1. The molecule has 1 heterocycles. The van der Waals surface area contributed by atoms with Gasteiger partial charge in [0.15, 0.2) is 0 Å². The Bertz CT molecular complexity index is 172. The van der Waals surface area contributed by atoms with Crippen molar-refractivity contribution in [1.29, 1.82) is 0 Å². The normalized spacial score (nSPS) is 22.3. The lowest BCUT2D eigenvalue weighted by Crippen LogP contribution is -2.28. The molecule has 1 amide bonds. The van der Waals surface area contributed by atoms with E-state index in [-0.39, 0.29) is 0 Å². The fourth-order valence-corrected chi connectivity index (χ4v) is 2.30. The zero-order valence-electron chi connectivity index (χ0n) is 8.58. The molecule has 0 saturated carbocycles. The van der Waals surface area contributed by atoms with Gasteiger partial charge in [0.2, 0.25) is 5.91 Å². The van der Waals surface area contributed by atoms with E-state index in [1.807, 2.05) is 16.7 Å². The van der Waals surface area contributed by atoms with Crippen molar-refractivity contribution in [2.75, 3.05) is 19.3 Å². The molecule has 0 spiro atoms. The molecule has 1 aliphatic rings. The van der Waals surface area contributed by atoms with Gasteiger partial charge in [-0.1, -0.05) is 13.3 Å². The van der Waals surface area contributed by atoms with E-state index in [0.29, 0.717) is 11.2 Å². The number of amides is 1. The summed E-state index contributed by atoms with van der Waals surface area (Å²) in [6.45, 7) is 4.08. The fourth-order valence-electron chi connectivity index (χ4n) is 1.63. The summed E-state index contributed by atoms with van der Waals surface area (Å²) in [5.41, 5.74) is 0. The predicted octanol–water partition coefficient (Wildman–Crippen LogP) is 2.14. The van der Waals surface area contributed by atoms with E-state index in [9.17, 15) is 4.79 Å². The zero-order chi connectivity index (χ0) is 9.68. The predicted molar refractivity (Wildman–Crippen MR) is 58.0 cm³/mol. The maximum absolute atomic E-state index is 11.6. The molecule has 0 bridgehead atoms. The van der Waals surface area contributed by atoms with Crippen LogP contribution in [0.5, 0.6) is 0 Å². The Morgan fingerprint density at radius 3 is 2.92 bits per heavy atom. The minimum Gasteiger partial charge on any atom is -0.342 e. The summed E-state index contributed by atoms with van der Waals surface area (Å²) in [7, 11) is 0. The second-order valence-corrected chi connectivity index (χ2v) is 4.73. The van der Waals surface area contributed by atoms with Crippen LogP contribution >= 0.6 is 11.8 Å². The van der Waals surface area contributed by atoms with E-state index >= 15 is 0 Å². The van der Waals surface area contributed by atoms with Gasteiger partial charge >= 0.3 is 0 Å². The molecule has 1 fully saturated rings. The summed E-state index contributed by atoms with van der Waals surface area (Å²) in [4.78, 5) is 13.6. The quantitative estimate of drug-likeness (QED) is 0.694. The van der Waals surface area contributed by atoms with E-state index in [2.05, 4.69) is 13.2 Å². The van der Waals surface area contributed by atoms with Gasteiger partial charge in [0.25, 0.3) is 0 Å². The van der Waals surface area contributed by atoms with Gasteiger partial charge in [-0.3, -0.25) is 4.79 Å². The van der Waals surface area contributed by atoms with Gasteiger partial charge in [-0.05, 0) is 19.1 Å². The van der Waals surface area contributed by atoms with Gasteiger partial charge in [-0.2, -0.15) is 11.8 Å². The van der Waals surface area contributed by atoms with Crippen LogP contribution in [0, 0.1) is 0 Å². The summed E-state index contributed by atoms with van der Waals surface area (Å²) in [5.74, 6) is 0.360. The highest BCUT2D eigenvalue weighted by atomic mass is 32.2. The van der Waals surface area contributed by atoms with E-state index in [4.69, 9.17) is 0 Å². The van der Waals surface area contributed by atoms with Crippen molar-refractivity contribution in [3.8, 4) is 0 Å². The highest BCUT2D eigenvalue weighted by Gasteiger charge is 2.24. The van der Waals surface area contributed by atoms with Crippen LogP contribution in [-0.2, 0) is 4.79 Å². The smallest absolute Gasteiger partial charge is 0.222 e. The number of hydrogen-bond acceptors (Lipinski definition) is 2. The molecule has 0 aromatic carbocycles. The molecule has 0 unspecified atom stereocenters. The first-order chi connectivity index (χ1) is 6.27. The first kappa shape index (κ1) is 10.9. The Morgan fingerprint density at radius 1 is 1.62 bits per heavy atom. The molecule has 1 saturated heterocycles. The maximum Gasteiger partial charge on any atom is 0.222 e. The molecule has 0 aromatic rings. The van der Waals surface area contributed by atoms with Crippen molar-refractivity contribution in [2.45, 2.75) is 37.9 Å². The molecule has 3 heteroatoms. The topological polar surface area (TPSA) is 20.3 Å². The molecular weight excluding hydrogens is 182 g/mol. The summed E-state index contributed by atoms with van der Waals surface area (Å²) < 4.78 is 0. The Kier molecular flexibility index (Phi) is 4.64. The molecule has 1 aliphatic heterocycles. The van der Waals surface area contributed by atoms with Crippen LogP contribution in [0.2, 0.25) is 0 Å². The molecule has 0 N–H and O–H groups in total. The number of nitrogens with zero attached hydrogens (tertiary/aromatic N) is 1. The van der Waals surface area contributed by atoms with Crippen LogP contribution in [0.15, 0.2) is 0 Å². The number of thioether (sulfide) groups is 1. The van der Waals surface area contributed by atoms with Crippen LogP contribution in [0.1, 0.15) is 32.6 Å². The fraction of sp³-hybridized carbons (Fsp3) is 0.900. The number of hydrogen-bond donors (Lipinski definition) is 0. The number of carbonyl (C=O) groups is 1. The lowest BCUT2D eigenvalue weighted by atomic mass is 10.2. The SMILES string of the molecule is CCCCC(=O)N1CC[C@H](SC)C1. The minimum absolute atomic E-state index is 0.360. The molecule has 0 aromatic heterocycles. The second-order valence-electron chi connectivity index (χ2n) is 3.59. The third kappa shape index (κ3) is 3.22. The van der Waals surface area contributed by atoms with Gasteiger partial charge < -0.3 is 4.90 Å². The van der Waals surface area contributed by atoms with Crippen molar-refractivity contribution in [3.05, 3.63) is 0 Å². The van der Waals surface area contributed by atoms with Crippen LogP contribution in [0.3, 0.4) is 0 Å². The average molecular weight is 201 g/mol. The summed E-state index contributed by atoms with van der Waals surface area (Å²) in [6, 6.07) is 0. The van der Waals surface area contributed by atoms with Crippen molar-refractivity contribution < 1.29 is 4.79 Å². The van der Waals surface area contributed by atoms with Crippen LogP contribution in [-0.4, -0.2) is 35.4 Å². The van der Waals surface area contributed by atoms with Crippen molar-refractivity contribution in [2.24, 2.45) is 0 Å². The molecule has 1 atom stereocenters. The monoisotopic (exact) mass is 201 g/mol. The Morgan fingerprint density at radius 2 is 2.38 bits per heavy atom. The van der Waals surface area contributed by atoms with Gasteiger partial charge in [0.1, 0.15) is 0 Å². The van der Waals surface area contributed by atoms with Crippen molar-refractivity contribution in [3.63, 3.8) is 0 Å². The third-order valence-corrected chi connectivity index (χ3v) is 3.63. The Labute approximate surface area is 85.1 Å². The highest BCUT2D eigenvalue weighted by Crippen LogP contribution is 2.20. The average Bonchev–Trinajstić information content (AvgIpc) is 2.62. The lowest BCUT2D eigenvalue weighted by molar-refractivity contribution is -0.130. The number of carbonyl (C=O) groups excluding carboxylic acids is 1. The summed E-state index contributed by atoms with van der Waals surface area (Å²) in [5, 5.41) is 0.686. The van der Waals surface area contributed by atoms with Gasteiger partial charge in [0.05, 0.1) is 0 Å². The lowest BCUT2D eigenvalue weighted by Gasteiger charge is -2.15. The maximum atomic E-state index is 11.6. The molecule has 0 aliphatic carbocycles. The van der Waals surface area contributed by atoms with Crippen molar-refractivity contribution in [1.82, 2.24) is 4.90 Å².